The number of nitrogens with one attached hydrogen (secondary N) is 1. The lowest BCUT2D eigenvalue weighted by Gasteiger charge is -2.18. The van der Waals surface area contributed by atoms with Crippen molar-refractivity contribution in [3.63, 3.8) is 0 Å². The molecular formula is C10H24N2O. The summed E-state index contributed by atoms with van der Waals surface area (Å²) in [5.41, 5.74) is 5.63. The van der Waals surface area contributed by atoms with Crippen LogP contribution in [0.2, 0.25) is 0 Å². The van der Waals surface area contributed by atoms with Gasteiger partial charge in [0.15, 0.2) is 0 Å². The Morgan fingerprint density at radius 2 is 1.85 bits per heavy atom. The highest BCUT2D eigenvalue weighted by Crippen LogP contribution is 1.97. The van der Waals surface area contributed by atoms with Gasteiger partial charge in [0.1, 0.15) is 0 Å². The second kappa shape index (κ2) is 7.30. The first-order valence-corrected chi connectivity index (χ1v) is 5.11. The minimum atomic E-state index is 0.299. The first-order chi connectivity index (χ1) is 6.06. The van der Waals surface area contributed by atoms with Crippen molar-refractivity contribution in [3.8, 4) is 0 Å². The summed E-state index contributed by atoms with van der Waals surface area (Å²) in [7, 11) is 0. The maximum Gasteiger partial charge on any atom is 0.0522 e. The Hall–Kier alpha value is -0.120. The van der Waals surface area contributed by atoms with Crippen LogP contribution in [0, 0.1) is 5.92 Å². The molecule has 1 atom stereocenters. The first kappa shape index (κ1) is 12.9. The molecule has 0 fully saturated rings. The van der Waals surface area contributed by atoms with Gasteiger partial charge in [-0.2, -0.15) is 0 Å². The molecular weight excluding hydrogens is 164 g/mol. The molecule has 3 nitrogen and oxygen atoms in total. The van der Waals surface area contributed by atoms with Gasteiger partial charge in [0, 0.05) is 18.5 Å². The Bertz CT molecular complexity index is 103. The van der Waals surface area contributed by atoms with Gasteiger partial charge in [-0.1, -0.05) is 13.8 Å². The van der Waals surface area contributed by atoms with Gasteiger partial charge in [0.05, 0.1) is 12.7 Å². The average molecular weight is 188 g/mol. The van der Waals surface area contributed by atoms with Gasteiger partial charge in [0.25, 0.3) is 0 Å². The zero-order valence-electron chi connectivity index (χ0n) is 9.34. The molecule has 0 heterocycles. The number of rotatable bonds is 7. The number of nitrogens with two attached hydrogens (primary N) is 1. The number of hydrogen-bond donors (Lipinski definition) is 2. The van der Waals surface area contributed by atoms with Crippen molar-refractivity contribution >= 4 is 0 Å². The van der Waals surface area contributed by atoms with E-state index in [2.05, 4.69) is 19.2 Å². The van der Waals surface area contributed by atoms with E-state index in [4.69, 9.17) is 10.5 Å². The van der Waals surface area contributed by atoms with E-state index in [9.17, 15) is 0 Å². The van der Waals surface area contributed by atoms with Crippen molar-refractivity contribution in [3.05, 3.63) is 0 Å². The van der Waals surface area contributed by atoms with Crippen molar-refractivity contribution in [1.29, 1.82) is 0 Å². The lowest BCUT2D eigenvalue weighted by Crippen LogP contribution is -2.35. The molecule has 0 spiro atoms. The van der Waals surface area contributed by atoms with Crippen molar-refractivity contribution < 1.29 is 4.74 Å². The van der Waals surface area contributed by atoms with Crippen LogP contribution in [0.3, 0.4) is 0 Å². The Morgan fingerprint density at radius 3 is 2.23 bits per heavy atom. The maximum atomic E-state index is 5.63. The quantitative estimate of drug-likeness (QED) is 0.626. The van der Waals surface area contributed by atoms with Gasteiger partial charge < -0.3 is 15.8 Å². The van der Waals surface area contributed by atoms with E-state index in [0.717, 1.165) is 13.2 Å². The molecule has 0 rings (SSSR count). The molecule has 1 unspecified atom stereocenters. The number of hydrogen-bond acceptors (Lipinski definition) is 3. The fourth-order valence-corrected chi connectivity index (χ4v) is 0.941. The third kappa shape index (κ3) is 8.22. The lowest BCUT2D eigenvalue weighted by atomic mass is 10.1. The highest BCUT2D eigenvalue weighted by molar-refractivity contribution is 4.64. The summed E-state index contributed by atoms with van der Waals surface area (Å²) in [6, 6.07) is 0.521. The van der Waals surface area contributed by atoms with Gasteiger partial charge in [-0.05, 0) is 20.4 Å². The van der Waals surface area contributed by atoms with Crippen LogP contribution in [0.4, 0.5) is 0 Å². The van der Waals surface area contributed by atoms with Crippen molar-refractivity contribution in [2.75, 3.05) is 19.7 Å². The highest BCUT2D eigenvalue weighted by Gasteiger charge is 2.08. The molecule has 0 aromatic rings. The van der Waals surface area contributed by atoms with E-state index in [1.54, 1.807) is 0 Å². The summed E-state index contributed by atoms with van der Waals surface area (Å²) in [4.78, 5) is 0. The van der Waals surface area contributed by atoms with Crippen LogP contribution in [-0.4, -0.2) is 31.8 Å². The average Bonchev–Trinajstić information content (AvgIpc) is 2.04. The van der Waals surface area contributed by atoms with Gasteiger partial charge in [-0.25, -0.2) is 0 Å². The van der Waals surface area contributed by atoms with Gasteiger partial charge in [-0.3, -0.25) is 0 Å². The zero-order chi connectivity index (χ0) is 10.3. The summed E-state index contributed by atoms with van der Waals surface area (Å²) < 4.78 is 5.51. The predicted octanol–water partition coefficient (Wildman–Crippen LogP) is 0.984. The van der Waals surface area contributed by atoms with E-state index in [1.807, 2.05) is 13.8 Å². The molecule has 80 valence electrons. The fraction of sp³-hybridized carbons (Fsp3) is 1.00. The molecule has 0 aliphatic rings. The lowest BCUT2D eigenvalue weighted by molar-refractivity contribution is 0.0526. The Labute approximate surface area is 82.0 Å². The summed E-state index contributed by atoms with van der Waals surface area (Å²) >= 11 is 0. The summed E-state index contributed by atoms with van der Waals surface area (Å²) in [6.07, 6.45) is 0.299. The van der Waals surface area contributed by atoms with Crippen LogP contribution in [0.1, 0.15) is 27.7 Å². The summed E-state index contributed by atoms with van der Waals surface area (Å²) in [5.74, 6) is 0.435. The third-order valence-electron chi connectivity index (χ3n) is 1.81. The largest absolute Gasteiger partial charge is 0.378 e. The molecule has 13 heavy (non-hydrogen) atoms. The van der Waals surface area contributed by atoms with Gasteiger partial charge in [-0.15, -0.1) is 0 Å². The van der Waals surface area contributed by atoms with Gasteiger partial charge in [0.2, 0.25) is 0 Å². The van der Waals surface area contributed by atoms with Crippen LogP contribution in [0.25, 0.3) is 0 Å². The molecule has 0 bridgehead atoms. The minimum absolute atomic E-state index is 0.299. The Morgan fingerprint density at radius 1 is 1.23 bits per heavy atom. The topological polar surface area (TPSA) is 47.3 Å². The molecule has 0 radical (unpaired) electrons. The van der Waals surface area contributed by atoms with Crippen molar-refractivity contribution in [2.45, 2.75) is 39.8 Å². The third-order valence-corrected chi connectivity index (χ3v) is 1.81. The summed E-state index contributed by atoms with van der Waals surface area (Å²) in [6.45, 7) is 10.8. The second-order valence-corrected chi connectivity index (χ2v) is 4.05. The maximum absolute atomic E-state index is 5.63. The van der Waals surface area contributed by atoms with Crippen LogP contribution >= 0.6 is 0 Å². The Balaban J connectivity index is 3.51. The first-order valence-electron chi connectivity index (χ1n) is 5.11. The SMILES string of the molecule is CC(C)NCC(CN)COC(C)C. The highest BCUT2D eigenvalue weighted by atomic mass is 16.5. The monoisotopic (exact) mass is 188 g/mol. The molecule has 0 saturated heterocycles. The molecule has 0 aromatic heterocycles. The zero-order valence-corrected chi connectivity index (χ0v) is 9.34. The van der Waals surface area contributed by atoms with Crippen molar-refractivity contribution in [1.82, 2.24) is 5.32 Å². The van der Waals surface area contributed by atoms with E-state index in [1.165, 1.54) is 0 Å². The fourth-order valence-electron chi connectivity index (χ4n) is 0.941. The van der Waals surface area contributed by atoms with Gasteiger partial charge >= 0.3 is 0 Å². The van der Waals surface area contributed by atoms with E-state index >= 15 is 0 Å². The predicted molar refractivity (Wildman–Crippen MR) is 56.8 cm³/mol. The molecule has 3 N–H and O–H groups in total. The van der Waals surface area contributed by atoms with Crippen LogP contribution in [0.5, 0.6) is 0 Å². The molecule has 0 saturated carbocycles. The molecule has 0 amide bonds. The van der Waals surface area contributed by atoms with Crippen LogP contribution in [-0.2, 0) is 4.74 Å². The number of ether oxygens (including phenoxy) is 1. The second-order valence-electron chi connectivity index (χ2n) is 4.05. The smallest absolute Gasteiger partial charge is 0.0522 e. The van der Waals surface area contributed by atoms with E-state index < -0.39 is 0 Å². The Kier molecular flexibility index (Phi) is 7.23. The summed E-state index contributed by atoms with van der Waals surface area (Å²) in [5, 5.41) is 3.36. The van der Waals surface area contributed by atoms with Crippen LogP contribution < -0.4 is 11.1 Å². The van der Waals surface area contributed by atoms with Crippen LogP contribution in [0.15, 0.2) is 0 Å². The van der Waals surface area contributed by atoms with E-state index in [-0.39, 0.29) is 0 Å². The van der Waals surface area contributed by atoms with Crippen molar-refractivity contribution in [2.24, 2.45) is 11.7 Å². The molecule has 0 aliphatic heterocycles. The minimum Gasteiger partial charge on any atom is -0.378 e. The molecule has 0 aliphatic carbocycles. The van der Waals surface area contributed by atoms with E-state index in [0.29, 0.717) is 24.6 Å². The molecule has 0 aromatic carbocycles. The molecule has 3 heteroatoms. The normalized spacial score (nSPS) is 14.1. The standard InChI is InChI=1S/C10H24N2O/c1-8(2)12-6-10(5-11)7-13-9(3)4/h8-10,12H,5-7,11H2,1-4H3.